The highest BCUT2D eigenvalue weighted by molar-refractivity contribution is 5.74. The molecule has 2 bridgehead atoms. The Morgan fingerprint density at radius 1 is 1.24 bits per heavy atom. The van der Waals surface area contributed by atoms with E-state index in [9.17, 15) is 4.79 Å². The predicted octanol–water partition coefficient (Wildman–Crippen LogP) is 2.51. The monoisotopic (exact) mass is 291 g/mol. The fourth-order valence-electron chi connectivity index (χ4n) is 4.35. The second-order valence-electron chi connectivity index (χ2n) is 7.02. The number of hydrogen-bond donors (Lipinski definition) is 2. The quantitative estimate of drug-likeness (QED) is 0.782. The van der Waals surface area contributed by atoms with Gasteiger partial charge >= 0.3 is 6.03 Å². The molecule has 1 unspecified atom stereocenters. The van der Waals surface area contributed by atoms with Crippen LogP contribution < -0.4 is 10.6 Å². The van der Waals surface area contributed by atoms with Crippen molar-refractivity contribution in [1.29, 1.82) is 0 Å². The van der Waals surface area contributed by atoms with E-state index in [0.29, 0.717) is 18.0 Å². The molecule has 2 amide bonds. The Hall–Kier alpha value is -1.03. The third kappa shape index (κ3) is 3.60. The third-order valence-electron chi connectivity index (χ3n) is 5.67. The Labute approximate surface area is 128 Å². The molecule has 3 saturated heterocycles. The summed E-state index contributed by atoms with van der Waals surface area (Å²) in [6.45, 7) is 7.07. The maximum absolute atomic E-state index is 12.0. The van der Waals surface area contributed by atoms with Crippen LogP contribution in [0.4, 0.5) is 4.79 Å². The van der Waals surface area contributed by atoms with E-state index in [2.05, 4.69) is 28.2 Å². The van der Waals surface area contributed by atoms with Crippen molar-refractivity contribution in [3.8, 4) is 0 Å². The summed E-state index contributed by atoms with van der Waals surface area (Å²) in [4.78, 5) is 14.6. The van der Waals surface area contributed by atoms with Gasteiger partial charge in [-0.1, -0.05) is 25.3 Å². The van der Waals surface area contributed by atoms with Gasteiger partial charge in [0.25, 0.3) is 0 Å². The maximum Gasteiger partial charge on any atom is 0.315 e. The number of fused-ring (bicyclic) bond motifs is 3. The number of amides is 2. The Bertz CT molecular complexity index is 378. The largest absolute Gasteiger partial charge is 0.337 e. The van der Waals surface area contributed by atoms with Crippen LogP contribution >= 0.6 is 0 Å². The lowest BCUT2D eigenvalue weighted by atomic mass is 9.75. The summed E-state index contributed by atoms with van der Waals surface area (Å²) >= 11 is 0. The lowest BCUT2D eigenvalue weighted by Crippen LogP contribution is -2.57. The van der Waals surface area contributed by atoms with E-state index >= 15 is 0 Å². The van der Waals surface area contributed by atoms with Crippen molar-refractivity contribution < 1.29 is 4.79 Å². The summed E-state index contributed by atoms with van der Waals surface area (Å²) in [7, 11) is 0. The molecule has 21 heavy (non-hydrogen) atoms. The molecule has 4 nitrogen and oxygen atoms in total. The van der Waals surface area contributed by atoms with Crippen molar-refractivity contribution in [2.45, 2.75) is 57.0 Å². The van der Waals surface area contributed by atoms with Crippen LogP contribution in [0.1, 0.15) is 44.9 Å². The van der Waals surface area contributed by atoms with Gasteiger partial charge in [0, 0.05) is 25.2 Å². The molecule has 0 spiro atoms. The second-order valence-corrected chi connectivity index (χ2v) is 7.02. The first-order chi connectivity index (χ1) is 10.3. The van der Waals surface area contributed by atoms with Crippen molar-refractivity contribution in [1.82, 2.24) is 15.5 Å². The molecule has 4 atom stereocenters. The van der Waals surface area contributed by atoms with Gasteiger partial charge in [-0.3, -0.25) is 4.90 Å². The standard InChI is InChI=1S/C17H29N3O/c1-2-13-12-20-9-8-14(13)10-16(20)11-18-17(21)19-15-6-4-3-5-7-15/h2,13-16H,1,3-12H2,(H2,18,19,21)/t13-,14+,16+/m0/s1. The van der Waals surface area contributed by atoms with Gasteiger partial charge in [-0.25, -0.2) is 4.79 Å². The molecule has 3 aliphatic heterocycles. The van der Waals surface area contributed by atoms with Crippen molar-refractivity contribution >= 4 is 6.03 Å². The van der Waals surface area contributed by atoms with Gasteiger partial charge in [0.05, 0.1) is 0 Å². The normalized spacial score (nSPS) is 36.2. The fraction of sp³-hybridized carbons (Fsp3) is 0.824. The van der Waals surface area contributed by atoms with Crippen molar-refractivity contribution in [2.75, 3.05) is 19.6 Å². The summed E-state index contributed by atoms with van der Waals surface area (Å²) in [5, 5.41) is 6.24. The summed E-state index contributed by atoms with van der Waals surface area (Å²) < 4.78 is 0. The lowest BCUT2D eigenvalue weighted by Gasteiger charge is -2.49. The van der Waals surface area contributed by atoms with Crippen LogP contribution in [0, 0.1) is 11.8 Å². The van der Waals surface area contributed by atoms with E-state index in [0.717, 1.165) is 31.8 Å². The molecule has 0 aromatic heterocycles. The van der Waals surface area contributed by atoms with E-state index in [-0.39, 0.29) is 6.03 Å². The molecule has 0 aromatic rings. The molecule has 4 rings (SSSR count). The Kier molecular flexibility index (Phi) is 4.84. The molecule has 0 aromatic carbocycles. The van der Waals surface area contributed by atoms with E-state index < -0.39 is 0 Å². The average molecular weight is 291 g/mol. The minimum absolute atomic E-state index is 0.0322. The second kappa shape index (κ2) is 6.82. The number of rotatable bonds is 4. The molecule has 0 radical (unpaired) electrons. The van der Waals surface area contributed by atoms with Crippen LogP contribution in [0.25, 0.3) is 0 Å². The summed E-state index contributed by atoms with van der Waals surface area (Å²) in [6.07, 6.45) is 10.7. The highest BCUT2D eigenvalue weighted by Gasteiger charge is 2.38. The molecule has 1 saturated carbocycles. The number of hydrogen-bond acceptors (Lipinski definition) is 2. The van der Waals surface area contributed by atoms with Crippen LogP contribution in [0.15, 0.2) is 12.7 Å². The molecular formula is C17H29N3O. The lowest BCUT2D eigenvalue weighted by molar-refractivity contribution is 0.0207. The first-order valence-corrected chi connectivity index (χ1v) is 8.67. The smallest absolute Gasteiger partial charge is 0.315 e. The van der Waals surface area contributed by atoms with Gasteiger partial charge in [-0.05, 0) is 44.1 Å². The van der Waals surface area contributed by atoms with Gasteiger partial charge in [0.2, 0.25) is 0 Å². The van der Waals surface area contributed by atoms with E-state index in [1.165, 1.54) is 38.6 Å². The zero-order chi connectivity index (χ0) is 14.7. The number of carbonyl (C=O) groups is 1. The highest BCUT2D eigenvalue weighted by Crippen LogP contribution is 2.36. The highest BCUT2D eigenvalue weighted by atomic mass is 16.2. The van der Waals surface area contributed by atoms with Gasteiger partial charge in [-0.15, -0.1) is 6.58 Å². The van der Waals surface area contributed by atoms with Gasteiger partial charge < -0.3 is 10.6 Å². The number of urea groups is 1. The Morgan fingerprint density at radius 2 is 2.05 bits per heavy atom. The molecule has 4 fully saturated rings. The van der Waals surface area contributed by atoms with E-state index in [4.69, 9.17) is 0 Å². The van der Waals surface area contributed by atoms with Crippen LogP contribution in [-0.4, -0.2) is 42.6 Å². The van der Waals surface area contributed by atoms with Crippen molar-refractivity contribution in [3.05, 3.63) is 12.7 Å². The Balaban J connectivity index is 1.41. The van der Waals surface area contributed by atoms with Gasteiger partial charge in [-0.2, -0.15) is 0 Å². The number of carbonyl (C=O) groups excluding carboxylic acids is 1. The fourth-order valence-corrected chi connectivity index (χ4v) is 4.35. The predicted molar refractivity (Wildman–Crippen MR) is 85.2 cm³/mol. The molecule has 2 N–H and O–H groups in total. The first kappa shape index (κ1) is 14.9. The van der Waals surface area contributed by atoms with Crippen LogP contribution in [0.3, 0.4) is 0 Å². The molecule has 4 aliphatic rings. The number of nitrogens with zero attached hydrogens (tertiary/aromatic N) is 1. The SMILES string of the molecule is C=C[C@H]1CN2CC[C@@H]1C[C@@H]2CNC(=O)NC1CCCCC1. The summed E-state index contributed by atoms with van der Waals surface area (Å²) in [5.41, 5.74) is 0. The zero-order valence-electron chi connectivity index (χ0n) is 13.0. The van der Waals surface area contributed by atoms with Crippen LogP contribution in [0.2, 0.25) is 0 Å². The minimum Gasteiger partial charge on any atom is -0.337 e. The zero-order valence-corrected chi connectivity index (χ0v) is 13.0. The van der Waals surface area contributed by atoms with Crippen LogP contribution in [0.5, 0.6) is 0 Å². The number of piperidine rings is 3. The van der Waals surface area contributed by atoms with E-state index in [1.807, 2.05) is 0 Å². The maximum atomic E-state index is 12.0. The average Bonchev–Trinajstić information content (AvgIpc) is 2.54. The molecule has 118 valence electrons. The summed E-state index contributed by atoms with van der Waals surface area (Å²) in [5.74, 6) is 1.44. The molecule has 3 heterocycles. The Morgan fingerprint density at radius 3 is 2.71 bits per heavy atom. The van der Waals surface area contributed by atoms with Crippen molar-refractivity contribution in [2.24, 2.45) is 11.8 Å². The van der Waals surface area contributed by atoms with Gasteiger partial charge in [0.1, 0.15) is 0 Å². The summed E-state index contributed by atoms with van der Waals surface area (Å²) in [6, 6.07) is 0.953. The van der Waals surface area contributed by atoms with Gasteiger partial charge in [0.15, 0.2) is 0 Å². The molecule has 1 aliphatic carbocycles. The molecule has 4 heteroatoms. The topological polar surface area (TPSA) is 44.4 Å². The number of nitrogens with one attached hydrogen (secondary N) is 2. The minimum atomic E-state index is 0.0322. The van der Waals surface area contributed by atoms with Crippen molar-refractivity contribution in [3.63, 3.8) is 0 Å². The first-order valence-electron chi connectivity index (χ1n) is 8.67. The van der Waals surface area contributed by atoms with Crippen LogP contribution in [-0.2, 0) is 0 Å². The third-order valence-corrected chi connectivity index (χ3v) is 5.67. The molecular weight excluding hydrogens is 262 g/mol. The van der Waals surface area contributed by atoms with E-state index in [1.54, 1.807) is 0 Å².